The molecule has 0 saturated heterocycles. The summed E-state index contributed by atoms with van der Waals surface area (Å²) in [6.45, 7) is -0.0416. The summed E-state index contributed by atoms with van der Waals surface area (Å²) in [5.41, 5.74) is 2.57. The smallest absolute Gasteiger partial charge is 0.243 e. The van der Waals surface area contributed by atoms with Crippen molar-refractivity contribution in [2.75, 3.05) is 11.9 Å². The third-order valence-electron chi connectivity index (χ3n) is 4.68. The Morgan fingerprint density at radius 1 is 1.00 bits per heavy atom. The molecule has 130 valence electrons. The number of pyridine rings is 1. The number of fused-ring (bicyclic) bond motifs is 1. The van der Waals surface area contributed by atoms with Crippen LogP contribution >= 0.6 is 0 Å². The molecule has 3 aromatic rings. The van der Waals surface area contributed by atoms with Crippen molar-refractivity contribution in [1.82, 2.24) is 10.3 Å². The number of para-hydroxylation sites is 1. The molecule has 1 aliphatic rings. The summed E-state index contributed by atoms with van der Waals surface area (Å²) in [5.74, 6) is -0.0931. The van der Waals surface area contributed by atoms with Gasteiger partial charge in [0.15, 0.2) is 0 Å². The van der Waals surface area contributed by atoms with Gasteiger partial charge in [0.1, 0.15) is 0 Å². The summed E-state index contributed by atoms with van der Waals surface area (Å²) in [7, 11) is 0. The number of rotatable bonds is 5. The number of benzene rings is 2. The number of anilines is 1. The fourth-order valence-electron chi connectivity index (χ4n) is 3.25. The minimum Gasteiger partial charge on any atom is -0.347 e. The van der Waals surface area contributed by atoms with Crippen molar-refractivity contribution in [3.63, 3.8) is 0 Å². The van der Waals surface area contributed by atoms with Gasteiger partial charge in [-0.25, -0.2) is 0 Å². The van der Waals surface area contributed by atoms with Gasteiger partial charge in [-0.3, -0.25) is 14.6 Å². The molecule has 0 aliphatic heterocycles. The van der Waals surface area contributed by atoms with Crippen LogP contribution < -0.4 is 10.6 Å². The Kier molecular flexibility index (Phi) is 4.35. The van der Waals surface area contributed by atoms with Gasteiger partial charge in [-0.05, 0) is 30.0 Å². The molecule has 0 spiro atoms. The van der Waals surface area contributed by atoms with Gasteiger partial charge in [0, 0.05) is 17.5 Å². The van der Waals surface area contributed by atoms with E-state index in [9.17, 15) is 9.59 Å². The van der Waals surface area contributed by atoms with Gasteiger partial charge in [-0.2, -0.15) is 0 Å². The van der Waals surface area contributed by atoms with Crippen LogP contribution in [0.2, 0.25) is 0 Å². The quantitative estimate of drug-likeness (QED) is 0.746. The molecule has 4 rings (SSSR count). The van der Waals surface area contributed by atoms with E-state index in [2.05, 4.69) is 15.6 Å². The molecule has 1 aliphatic carbocycles. The Balaban J connectivity index is 1.32. The zero-order valence-corrected chi connectivity index (χ0v) is 14.2. The molecular weight excluding hydrogens is 326 g/mol. The molecule has 1 aromatic heterocycles. The van der Waals surface area contributed by atoms with Crippen LogP contribution in [0.1, 0.15) is 17.9 Å². The summed E-state index contributed by atoms with van der Waals surface area (Å²) < 4.78 is 0. The first-order chi connectivity index (χ1) is 12.7. The number of nitrogens with one attached hydrogen (secondary N) is 2. The van der Waals surface area contributed by atoms with E-state index in [1.54, 1.807) is 12.3 Å². The molecule has 2 atom stereocenters. The minimum atomic E-state index is -0.256. The van der Waals surface area contributed by atoms with Crippen LogP contribution in [0, 0.1) is 5.92 Å². The molecule has 2 amide bonds. The molecule has 1 saturated carbocycles. The van der Waals surface area contributed by atoms with Crippen LogP contribution in [-0.4, -0.2) is 23.3 Å². The maximum atomic E-state index is 12.3. The Labute approximate surface area is 151 Å². The molecule has 1 fully saturated rings. The van der Waals surface area contributed by atoms with Crippen LogP contribution in [0.15, 0.2) is 66.9 Å². The Morgan fingerprint density at radius 2 is 1.81 bits per heavy atom. The maximum absolute atomic E-state index is 12.3. The summed E-state index contributed by atoms with van der Waals surface area (Å²) in [6.07, 6.45) is 2.53. The third-order valence-corrected chi connectivity index (χ3v) is 4.68. The van der Waals surface area contributed by atoms with E-state index in [1.807, 2.05) is 54.6 Å². The van der Waals surface area contributed by atoms with E-state index in [0.717, 1.165) is 17.3 Å². The molecule has 1 heterocycles. The van der Waals surface area contributed by atoms with Crippen LogP contribution in [0.25, 0.3) is 10.9 Å². The molecule has 0 unspecified atom stereocenters. The van der Waals surface area contributed by atoms with E-state index in [1.165, 1.54) is 5.56 Å². The molecule has 0 bridgehead atoms. The largest absolute Gasteiger partial charge is 0.347 e. The van der Waals surface area contributed by atoms with Gasteiger partial charge >= 0.3 is 0 Å². The van der Waals surface area contributed by atoms with Crippen LogP contribution in [0.4, 0.5) is 5.69 Å². The average Bonchev–Trinajstić information content (AvgIpc) is 3.48. The van der Waals surface area contributed by atoms with Crippen molar-refractivity contribution in [2.45, 2.75) is 12.3 Å². The summed E-state index contributed by atoms with van der Waals surface area (Å²) >= 11 is 0. The topological polar surface area (TPSA) is 71.1 Å². The average molecular weight is 345 g/mol. The predicted octanol–water partition coefficient (Wildman–Crippen LogP) is 3.09. The normalized spacial score (nSPS) is 18.3. The van der Waals surface area contributed by atoms with Crippen molar-refractivity contribution in [3.8, 4) is 0 Å². The zero-order chi connectivity index (χ0) is 17.9. The molecule has 5 heteroatoms. The second kappa shape index (κ2) is 6.96. The van der Waals surface area contributed by atoms with Crippen LogP contribution in [0.5, 0.6) is 0 Å². The lowest BCUT2D eigenvalue weighted by molar-refractivity contribution is -0.125. The molecule has 5 nitrogen and oxygen atoms in total. The molecule has 2 aromatic carbocycles. The van der Waals surface area contributed by atoms with E-state index in [-0.39, 0.29) is 30.2 Å². The number of hydrogen-bond donors (Lipinski definition) is 2. The van der Waals surface area contributed by atoms with Gasteiger partial charge in [-0.15, -0.1) is 0 Å². The van der Waals surface area contributed by atoms with Gasteiger partial charge < -0.3 is 10.6 Å². The Bertz CT molecular complexity index is 950. The highest BCUT2D eigenvalue weighted by Gasteiger charge is 2.43. The molecule has 0 radical (unpaired) electrons. The third kappa shape index (κ3) is 3.42. The number of aromatic nitrogens is 1. The van der Waals surface area contributed by atoms with Crippen molar-refractivity contribution in [3.05, 3.63) is 72.4 Å². The first kappa shape index (κ1) is 16.3. The van der Waals surface area contributed by atoms with Gasteiger partial charge in [0.2, 0.25) is 11.8 Å². The van der Waals surface area contributed by atoms with Gasteiger partial charge in [-0.1, -0.05) is 48.5 Å². The summed E-state index contributed by atoms with van der Waals surface area (Å²) in [4.78, 5) is 28.8. The lowest BCUT2D eigenvalue weighted by Gasteiger charge is -2.09. The Morgan fingerprint density at radius 3 is 2.65 bits per heavy atom. The standard InChI is InChI=1S/C21H19N3O2/c25-19(24-18-10-4-8-15-9-5-11-22-20(15)18)13-23-21(26)17-12-16(17)14-6-2-1-3-7-14/h1-11,16-17H,12-13H2,(H,23,26)(H,24,25)/t16-,17+/m0/s1. The van der Waals surface area contributed by atoms with Gasteiger partial charge in [0.05, 0.1) is 17.7 Å². The molecular formula is C21H19N3O2. The van der Waals surface area contributed by atoms with E-state index in [0.29, 0.717) is 5.69 Å². The van der Waals surface area contributed by atoms with E-state index in [4.69, 9.17) is 0 Å². The number of carbonyl (C=O) groups excluding carboxylic acids is 2. The fourth-order valence-corrected chi connectivity index (χ4v) is 3.25. The highest BCUT2D eigenvalue weighted by molar-refractivity contribution is 6.02. The van der Waals surface area contributed by atoms with E-state index < -0.39 is 0 Å². The van der Waals surface area contributed by atoms with Crippen molar-refractivity contribution in [2.24, 2.45) is 5.92 Å². The first-order valence-corrected chi connectivity index (χ1v) is 8.68. The Hall–Kier alpha value is -3.21. The van der Waals surface area contributed by atoms with Gasteiger partial charge in [0.25, 0.3) is 0 Å². The number of carbonyl (C=O) groups is 2. The monoisotopic (exact) mass is 345 g/mol. The number of hydrogen-bond acceptors (Lipinski definition) is 3. The maximum Gasteiger partial charge on any atom is 0.243 e. The number of amides is 2. The van der Waals surface area contributed by atoms with Crippen LogP contribution in [-0.2, 0) is 9.59 Å². The van der Waals surface area contributed by atoms with E-state index >= 15 is 0 Å². The van der Waals surface area contributed by atoms with Crippen LogP contribution in [0.3, 0.4) is 0 Å². The fraction of sp³-hybridized carbons (Fsp3) is 0.190. The van der Waals surface area contributed by atoms with Crippen molar-refractivity contribution in [1.29, 1.82) is 0 Å². The lowest BCUT2D eigenvalue weighted by atomic mass is 10.1. The highest BCUT2D eigenvalue weighted by atomic mass is 16.2. The number of nitrogens with zero attached hydrogens (tertiary/aromatic N) is 1. The second-order valence-corrected chi connectivity index (χ2v) is 6.51. The minimum absolute atomic E-state index is 0.0376. The summed E-state index contributed by atoms with van der Waals surface area (Å²) in [6, 6.07) is 19.4. The predicted molar refractivity (Wildman–Crippen MR) is 101 cm³/mol. The first-order valence-electron chi connectivity index (χ1n) is 8.68. The van der Waals surface area contributed by atoms with Crippen molar-refractivity contribution >= 4 is 28.4 Å². The second-order valence-electron chi connectivity index (χ2n) is 6.51. The SMILES string of the molecule is O=C(CNC(=O)[C@@H]1C[C@H]1c1ccccc1)Nc1cccc2cccnc12. The summed E-state index contributed by atoms with van der Waals surface area (Å²) in [5, 5.41) is 6.52. The zero-order valence-electron chi connectivity index (χ0n) is 14.2. The lowest BCUT2D eigenvalue weighted by Crippen LogP contribution is -2.34. The molecule has 2 N–H and O–H groups in total. The highest BCUT2D eigenvalue weighted by Crippen LogP contribution is 2.47. The van der Waals surface area contributed by atoms with Crippen molar-refractivity contribution < 1.29 is 9.59 Å². The molecule has 26 heavy (non-hydrogen) atoms.